The fraction of sp³-hybridized carbons (Fsp3) is 0.273. The van der Waals surface area contributed by atoms with Gasteiger partial charge >= 0.3 is 0 Å². The average molecular weight is 379 g/mol. The summed E-state index contributed by atoms with van der Waals surface area (Å²) in [5.74, 6) is 1.41. The molecule has 1 aromatic heterocycles. The highest BCUT2D eigenvalue weighted by Gasteiger charge is 2.12. The number of aromatic nitrogens is 2. The highest BCUT2D eigenvalue weighted by molar-refractivity contribution is 5.94. The lowest BCUT2D eigenvalue weighted by Crippen LogP contribution is -2.28. The van der Waals surface area contributed by atoms with Crippen molar-refractivity contribution < 1.29 is 14.3 Å². The van der Waals surface area contributed by atoms with E-state index in [4.69, 9.17) is 9.47 Å². The molecule has 2 aromatic carbocycles. The predicted molar refractivity (Wildman–Crippen MR) is 108 cm³/mol. The Bertz CT molecular complexity index is 905. The SMILES string of the molecule is COc1ccc(CCN(C)C(=O)c2ccc(Cn3ccnc3)cc2)cc1OC. The molecule has 1 amide bonds. The molecule has 0 radical (unpaired) electrons. The van der Waals surface area contributed by atoms with Crippen LogP contribution in [0.2, 0.25) is 0 Å². The topological polar surface area (TPSA) is 56.6 Å². The Morgan fingerprint density at radius 3 is 2.39 bits per heavy atom. The third-order valence-electron chi connectivity index (χ3n) is 4.66. The van der Waals surface area contributed by atoms with Gasteiger partial charge in [-0.05, 0) is 41.8 Å². The van der Waals surface area contributed by atoms with E-state index in [1.807, 2.05) is 60.3 Å². The molecule has 3 aromatic rings. The molecule has 0 saturated heterocycles. The molecule has 0 N–H and O–H groups in total. The largest absolute Gasteiger partial charge is 0.493 e. The second-order valence-electron chi connectivity index (χ2n) is 6.60. The Balaban J connectivity index is 1.58. The first-order chi connectivity index (χ1) is 13.6. The first-order valence-corrected chi connectivity index (χ1v) is 9.11. The number of rotatable bonds is 8. The van der Waals surface area contributed by atoms with Crippen molar-refractivity contribution in [3.8, 4) is 11.5 Å². The maximum atomic E-state index is 12.7. The number of nitrogens with zero attached hydrogens (tertiary/aromatic N) is 3. The Morgan fingerprint density at radius 1 is 1.04 bits per heavy atom. The third-order valence-corrected chi connectivity index (χ3v) is 4.66. The molecule has 0 unspecified atom stereocenters. The van der Waals surface area contributed by atoms with Gasteiger partial charge in [0.05, 0.1) is 20.5 Å². The van der Waals surface area contributed by atoms with Crippen LogP contribution in [0, 0.1) is 0 Å². The summed E-state index contributed by atoms with van der Waals surface area (Å²) in [6.45, 7) is 1.36. The van der Waals surface area contributed by atoms with Crippen molar-refractivity contribution in [1.29, 1.82) is 0 Å². The molecule has 0 atom stereocenters. The maximum absolute atomic E-state index is 12.7. The molecule has 0 aliphatic rings. The van der Waals surface area contributed by atoms with E-state index in [1.165, 1.54) is 0 Å². The average Bonchev–Trinajstić information content (AvgIpc) is 3.24. The number of methoxy groups -OCH3 is 2. The molecular weight excluding hydrogens is 354 g/mol. The summed E-state index contributed by atoms with van der Waals surface area (Å²) in [5.41, 5.74) is 2.90. The normalized spacial score (nSPS) is 10.5. The summed E-state index contributed by atoms with van der Waals surface area (Å²) in [6, 6.07) is 13.5. The minimum atomic E-state index is 0.00894. The molecule has 1 heterocycles. The number of amides is 1. The van der Waals surface area contributed by atoms with Gasteiger partial charge in [-0.2, -0.15) is 0 Å². The van der Waals surface area contributed by atoms with Crippen LogP contribution < -0.4 is 9.47 Å². The van der Waals surface area contributed by atoms with Gasteiger partial charge in [0, 0.05) is 38.1 Å². The molecule has 0 saturated carbocycles. The lowest BCUT2D eigenvalue weighted by atomic mass is 10.1. The lowest BCUT2D eigenvalue weighted by Gasteiger charge is -2.18. The van der Waals surface area contributed by atoms with Crippen molar-refractivity contribution in [3.05, 3.63) is 77.9 Å². The predicted octanol–water partition coefficient (Wildman–Crippen LogP) is 3.26. The first-order valence-electron chi connectivity index (χ1n) is 9.11. The van der Waals surface area contributed by atoms with Crippen molar-refractivity contribution in [2.45, 2.75) is 13.0 Å². The van der Waals surface area contributed by atoms with E-state index >= 15 is 0 Å². The lowest BCUT2D eigenvalue weighted by molar-refractivity contribution is 0.0796. The zero-order valence-corrected chi connectivity index (χ0v) is 16.5. The second-order valence-corrected chi connectivity index (χ2v) is 6.60. The van der Waals surface area contributed by atoms with E-state index in [1.54, 1.807) is 31.6 Å². The number of ether oxygens (including phenoxy) is 2. The Kier molecular flexibility index (Phi) is 6.32. The van der Waals surface area contributed by atoms with Crippen molar-refractivity contribution in [1.82, 2.24) is 14.5 Å². The standard InChI is InChI=1S/C22H25N3O3/c1-24(12-10-17-6-9-20(27-2)21(14-17)28-3)22(26)19-7-4-18(5-8-19)15-25-13-11-23-16-25/h4-9,11,13-14,16H,10,12,15H2,1-3H3. The molecule has 0 bridgehead atoms. The van der Waals surface area contributed by atoms with Crippen molar-refractivity contribution in [3.63, 3.8) is 0 Å². The number of hydrogen-bond acceptors (Lipinski definition) is 4. The van der Waals surface area contributed by atoms with Gasteiger partial charge < -0.3 is 18.9 Å². The summed E-state index contributed by atoms with van der Waals surface area (Å²) in [6.07, 6.45) is 6.19. The Morgan fingerprint density at radius 2 is 1.75 bits per heavy atom. The number of carbonyl (C=O) groups excluding carboxylic acids is 1. The third kappa shape index (κ3) is 4.71. The van der Waals surface area contributed by atoms with Crippen LogP contribution in [0.1, 0.15) is 21.5 Å². The van der Waals surface area contributed by atoms with Gasteiger partial charge in [0.2, 0.25) is 0 Å². The molecule has 28 heavy (non-hydrogen) atoms. The number of likely N-dealkylation sites (N-methyl/N-ethyl adjacent to an activating group) is 1. The zero-order chi connectivity index (χ0) is 19.9. The van der Waals surface area contributed by atoms with Crippen molar-refractivity contribution in [2.24, 2.45) is 0 Å². The number of benzene rings is 2. The molecule has 0 aliphatic carbocycles. The Hall–Kier alpha value is -3.28. The van der Waals surface area contributed by atoms with E-state index < -0.39 is 0 Å². The molecule has 146 valence electrons. The number of hydrogen-bond donors (Lipinski definition) is 0. The minimum absolute atomic E-state index is 0.00894. The summed E-state index contributed by atoms with van der Waals surface area (Å²) in [5, 5.41) is 0. The summed E-state index contributed by atoms with van der Waals surface area (Å²) in [7, 11) is 5.06. The van der Waals surface area contributed by atoms with Crippen molar-refractivity contribution >= 4 is 5.91 Å². The van der Waals surface area contributed by atoms with Crippen molar-refractivity contribution in [2.75, 3.05) is 27.8 Å². The van der Waals surface area contributed by atoms with Crippen LogP contribution >= 0.6 is 0 Å². The fourth-order valence-corrected chi connectivity index (χ4v) is 3.00. The second kappa shape index (κ2) is 9.08. The van der Waals surface area contributed by atoms with Crippen LogP contribution in [0.15, 0.2) is 61.2 Å². The van der Waals surface area contributed by atoms with Gasteiger partial charge in [-0.15, -0.1) is 0 Å². The highest BCUT2D eigenvalue weighted by atomic mass is 16.5. The summed E-state index contributed by atoms with van der Waals surface area (Å²) in [4.78, 5) is 18.5. The van der Waals surface area contributed by atoms with Gasteiger partial charge in [-0.25, -0.2) is 4.98 Å². The molecular formula is C22H25N3O3. The molecule has 6 nitrogen and oxygen atoms in total. The highest BCUT2D eigenvalue weighted by Crippen LogP contribution is 2.27. The summed E-state index contributed by atoms with van der Waals surface area (Å²) < 4.78 is 12.6. The number of carbonyl (C=O) groups is 1. The minimum Gasteiger partial charge on any atom is -0.493 e. The fourth-order valence-electron chi connectivity index (χ4n) is 3.00. The van der Waals surface area contributed by atoms with E-state index in [0.717, 1.165) is 24.1 Å². The van der Waals surface area contributed by atoms with Crippen LogP contribution in [-0.4, -0.2) is 48.2 Å². The zero-order valence-electron chi connectivity index (χ0n) is 16.5. The smallest absolute Gasteiger partial charge is 0.253 e. The van der Waals surface area contributed by atoms with Crippen LogP contribution in [0.3, 0.4) is 0 Å². The molecule has 3 rings (SSSR count). The van der Waals surface area contributed by atoms with Crippen LogP contribution in [-0.2, 0) is 13.0 Å². The molecule has 0 fully saturated rings. The van der Waals surface area contributed by atoms with E-state index in [2.05, 4.69) is 4.98 Å². The molecule has 6 heteroatoms. The molecule has 0 spiro atoms. The van der Waals surface area contributed by atoms with Gasteiger partial charge in [0.1, 0.15) is 0 Å². The summed E-state index contributed by atoms with van der Waals surface area (Å²) >= 11 is 0. The number of imidazole rings is 1. The van der Waals surface area contributed by atoms with Crippen LogP contribution in [0.4, 0.5) is 0 Å². The Labute approximate surface area is 165 Å². The van der Waals surface area contributed by atoms with Gasteiger partial charge in [0.15, 0.2) is 11.5 Å². The van der Waals surface area contributed by atoms with E-state index in [0.29, 0.717) is 23.6 Å². The molecule has 0 aliphatic heterocycles. The van der Waals surface area contributed by atoms with E-state index in [9.17, 15) is 4.79 Å². The monoisotopic (exact) mass is 379 g/mol. The quantitative estimate of drug-likeness (QED) is 0.603. The van der Waals surface area contributed by atoms with E-state index in [-0.39, 0.29) is 5.91 Å². The van der Waals surface area contributed by atoms with Gasteiger partial charge in [-0.3, -0.25) is 4.79 Å². The van der Waals surface area contributed by atoms with Gasteiger partial charge in [-0.1, -0.05) is 18.2 Å². The maximum Gasteiger partial charge on any atom is 0.253 e. The van der Waals surface area contributed by atoms with Crippen LogP contribution in [0.5, 0.6) is 11.5 Å². The van der Waals surface area contributed by atoms with Crippen LogP contribution in [0.25, 0.3) is 0 Å². The first kappa shape index (κ1) is 19.5. The van der Waals surface area contributed by atoms with Gasteiger partial charge in [0.25, 0.3) is 5.91 Å².